The van der Waals surface area contributed by atoms with E-state index < -0.39 is 40.7 Å². The molecule has 2 aromatic heterocycles. The lowest BCUT2D eigenvalue weighted by Crippen LogP contribution is -3.12. The van der Waals surface area contributed by atoms with Crippen LogP contribution in [0.2, 0.25) is 0 Å². The Morgan fingerprint density at radius 2 is 1.69 bits per heavy atom. The number of hydrogen-bond acceptors (Lipinski definition) is 6. The van der Waals surface area contributed by atoms with Gasteiger partial charge in [0.25, 0.3) is 0 Å². The number of aromatic nitrogens is 3. The van der Waals surface area contributed by atoms with Crippen molar-refractivity contribution in [2.24, 2.45) is 59.3 Å². The number of anilines is 1. The van der Waals surface area contributed by atoms with Gasteiger partial charge in [-0.15, -0.1) is 0 Å². The number of hydrogen-bond donors (Lipinski definition) is 1. The highest BCUT2D eigenvalue weighted by Gasteiger charge is 3.15. The smallest absolute Gasteiger partial charge is 0.373 e. The highest BCUT2D eigenvalue weighted by molar-refractivity contribution is 6.09. The van der Waals surface area contributed by atoms with E-state index in [9.17, 15) is 27.6 Å². The molecule has 6 aliphatic carbocycles. The maximum atomic E-state index is 13.9. The first kappa shape index (κ1) is 23.8. The molecule has 1 saturated heterocycles. The van der Waals surface area contributed by atoms with Crippen LogP contribution < -0.4 is 10.9 Å². The van der Waals surface area contributed by atoms with Crippen LogP contribution in [0.15, 0.2) is 23.1 Å². The molecule has 204 valence electrons. The number of halogens is 3. The molecule has 39 heavy (non-hydrogen) atoms. The van der Waals surface area contributed by atoms with Crippen molar-refractivity contribution in [1.82, 2.24) is 14.5 Å². The standard InChI is InChI=1S/C28H27F3N4O4/c1-10-11(2)33-24(34-25(38)12-6-7-39-14(8-12)13-4-5-15(36)35(3)9-13)22(32-10)23(37)26-16-19-17(26)21-18(26)20(16)27(19,21)28(29,30)31/h4-5,9,12,14,16-21H,6-8H2,1-3H3,(H,33,34,38)/t12-,14+,16?,17?,18?,19?,20?,21?,26?,27?/m0/s1. The van der Waals surface area contributed by atoms with Crippen LogP contribution in [0.25, 0.3) is 0 Å². The van der Waals surface area contributed by atoms with Gasteiger partial charge in [0.2, 0.25) is 11.5 Å². The van der Waals surface area contributed by atoms with Gasteiger partial charge in [0.05, 0.1) is 22.9 Å². The van der Waals surface area contributed by atoms with Gasteiger partial charge in [0.1, 0.15) is 5.69 Å². The van der Waals surface area contributed by atoms with Crippen LogP contribution in [0.4, 0.5) is 19.0 Å². The average Bonchev–Trinajstić information content (AvgIpc) is 2.91. The van der Waals surface area contributed by atoms with Gasteiger partial charge in [-0.25, -0.2) is 9.97 Å². The molecule has 0 unspecified atom stereocenters. The molecule has 8 nitrogen and oxygen atoms in total. The average molecular weight is 541 g/mol. The fraction of sp³-hybridized carbons (Fsp3) is 0.607. The van der Waals surface area contributed by atoms with Gasteiger partial charge < -0.3 is 14.6 Å². The number of aryl methyl sites for hydroxylation is 3. The number of nitrogens with one attached hydrogen (secondary N) is 1. The minimum atomic E-state index is -4.19. The lowest BCUT2D eigenvalue weighted by atomic mass is 8.91. The summed E-state index contributed by atoms with van der Waals surface area (Å²) in [6, 6.07) is 3.16. The van der Waals surface area contributed by atoms with Crippen molar-refractivity contribution in [1.29, 1.82) is 0 Å². The summed E-state index contributed by atoms with van der Waals surface area (Å²) in [4.78, 5) is 48.2. The Bertz CT molecular complexity index is 1510. The third-order valence-corrected chi connectivity index (χ3v) is 11.4. The van der Waals surface area contributed by atoms with Crippen LogP contribution in [0.1, 0.15) is 46.4 Å². The Morgan fingerprint density at radius 3 is 2.31 bits per heavy atom. The molecule has 0 radical (unpaired) electrons. The second-order valence-electron chi connectivity index (χ2n) is 12.4. The Kier molecular flexibility index (Phi) is 4.25. The molecule has 3 heterocycles. The van der Waals surface area contributed by atoms with Gasteiger partial charge in [-0.2, -0.15) is 13.2 Å². The van der Waals surface area contributed by atoms with Gasteiger partial charge in [-0.3, -0.25) is 14.4 Å². The monoisotopic (exact) mass is 540 g/mol. The molecule has 1 aliphatic heterocycles. The van der Waals surface area contributed by atoms with Crippen LogP contribution >= 0.6 is 0 Å². The van der Waals surface area contributed by atoms with Crippen molar-refractivity contribution in [2.45, 2.75) is 39.0 Å². The molecule has 0 aromatic carbocycles. The zero-order valence-corrected chi connectivity index (χ0v) is 21.6. The number of ketones is 1. The van der Waals surface area contributed by atoms with Gasteiger partial charge in [-0.05, 0) is 73.8 Å². The summed E-state index contributed by atoms with van der Waals surface area (Å²) in [7, 11) is 1.65. The highest BCUT2D eigenvalue weighted by atomic mass is 19.4. The largest absolute Gasteiger partial charge is 0.395 e. The minimum absolute atomic E-state index is 0.0740. The highest BCUT2D eigenvalue weighted by Crippen LogP contribution is 3.12. The lowest BCUT2D eigenvalue weighted by molar-refractivity contribution is -0.675. The first-order valence-corrected chi connectivity index (χ1v) is 13.5. The predicted octanol–water partition coefficient (Wildman–Crippen LogP) is 3.38. The summed E-state index contributed by atoms with van der Waals surface area (Å²) >= 11 is 0. The summed E-state index contributed by atoms with van der Waals surface area (Å²) in [5.74, 6) is -2.76. The second-order valence-corrected chi connectivity index (χ2v) is 12.4. The van der Waals surface area contributed by atoms with E-state index in [4.69, 9.17) is 4.74 Å². The molecule has 7 fully saturated rings. The summed E-state index contributed by atoms with van der Waals surface area (Å²) in [6.07, 6.45) is -1.98. The number of Topliss-reactive ketones (excluding diaryl/α,β-unsaturated/α-hetero) is 1. The Balaban J connectivity index is 1.04. The molecular weight excluding hydrogens is 513 g/mol. The Hall–Kier alpha value is -3.08. The van der Waals surface area contributed by atoms with Crippen LogP contribution in [0.5, 0.6) is 0 Å². The van der Waals surface area contributed by atoms with Crippen molar-refractivity contribution in [2.75, 3.05) is 11.9 Å². The Labute approximate surface area is 221 Å². The van der Waals surface area contributed by atoms with E-state index in [0.717, 1.165) is 5.56 Å². The maximum absolute atomic E-state index is 13.9. The van der Waals surface area contributed by atoms with Crippen molar-refractivity contribution in [3.63, 3.8) is 0 Å². The first-order chi connectivity index (χ1) is 18.5. The number of alkyl halides is 3. The minimum Gasteiger partial charge on any atom is -0.373 e. The topological polar surface area (TPSA) is 103 Å². The van der Waals surface area contributed by atoms with Crippen molar-refractivity contribution >= 4 is 17.5 Å². The van der Waals surface area contributed by atoms with Crippen LogP contribution in [0.3, 0.4) is 0 Å². The summed E-state index contributed by atoms with van der Waals surface area (Å²) in [5, 5.41) is 2.85. The van der Waals surface area contributed by atoms with Crippen LogP contribution in [-0.4, -0.2) is 39.0 Å². The number of amides is 1. The molecule has 9 rings (SSSR count). The number of carbonyl (C=O) groups is 2. The summed E-state index contributed by atoms with van der Waals surface area (Å²) < 4.78 is 48.7. The SMILES string of the molecule is Cc1nc(NC(=O)[C@H]2CCO[C@@H](c3ccc(=O)n(C)c3)C2)c(C(=O)C23C4C5C2C2C3C4C52C(F)(F)F)nc1C. The second kappa shape index (κ2) is 6.97. The molecular formula is C28H27F3N4O4. The zero-order valence-electron chi connectivity index (χ0n) is 21.6. The van der Waals surface area contributed by atoms with Crippen molar-refractivity contribution in [3.05, 3.63) is 51.3 Å². The molecule has 1 amide bonds. The fourth-order valence-corrected chi connectivity index (χ4v) is 9.89. The first-order valence-electron chi connectivity index (χ1n) is 13.5. The third kappa shape index (κ3) is 2.35. The molecule has 2 atom stereocenters. The molecule has 2 aromatic rings. The number of pyridine rings is 1. The number of rotatable bonds is 5. The molecule has 11 heteroatoms. The molecule has 7 aliphatic rings. The maximum Gasteiger partial charge on any atom is 0.395 e. The normalized spacial score (nSPS) is 41.7. The quantitative estimate of drug-likeness (QED) is 0.584. The molecule has 1 N–H and O–H groups in total. The summed E-state index contributed by atoms with van der Waals surface area (Å²) in [5.41, 5.74) is -0.401. The van der Waals surface area contributed by atoms with Crippen molar-refractivity contribution < 1.29 is 27.5 Å². The zero-order chi connectivity index (χ0) is 27.4. The third-order valence-electron chi connectivity index (χ3n) is 11.4. The Morgan fingerprint density at radius 1 is 1.05 bits per heavy atom. The van der Waals surface area contributed by atoms with Crippen molar-refractivity contribution in [3.8, 4) is 0 Å². The van der Waals surface area contributed by atoms with Gasteiger partial charge in [0, 0.05) is 37.3 Å². The van der Waals surface area contributed by atoms with Crippen LogP contribution in [-0.2, 0) is 16.6 Å². The van der Waals surface area contributed by atoms with E-state index in [1.807, 2.05) is 0 Å². The predicted molar refractivity (Wildman–Crippen MR) is 129 cm³/mol. The molecule has 0 spiro atoms. The van der Waals surface area contributed by atoms with Crippen LogP contribution in [0, 0.1) is 66.1 Å². The van der Waals surface area contributed by atoms with E-state index in [2.05, 4.69) is 15.3 Å². The molecule has 6 saturated carbocycles. The summed E-state index contributed by atoms with van der Waals surface area (Å²) in [6.45, 7) is 3.84. The lowest BCUT2D eigenvalue weighted by Gasteiger charge is -3.10. The van der Waals surface area contributed by atoms with E-state index >= 15 is 0 Å². The fourth-order valence-electron chi connectivity index (χ4n) is 9.89. The number of carbonyl (C=O) groups excluding carboxylic acids is 2. The van der Waals surface area contributed by atoms with E-state index in [0.29, 0.717) is 30.8 Å². The molecule has 0 bridgehead atoms. The van der Waals surface area contributed by atoms with E-state index in [1.54, 1.807) is 33.2 Å². The van der Waals surface area contributed by atoms with E-state index in [-0.39, 0.29) is 52.6 Å². The van der Waals surface area contributed by atoms with Gasteiger partial charge >= 0.3 is 6.18 Å². The van der Waals surface area contributed by atoms with Gasteiger partial charge in [-0.1, -0.05) is 0 Å². The number of nitrogens with zero attached hydrogens (tertiary/aromatic N) is 3. The van der Waals surface area contributed by atoms with Gasteiger partial charge in [0.15, 0.2) is 11.6 Å². The van der Waals surface area contributed by atoms with E-state index in [1.165, 1.54) is 10.6 Å². The number of ether oxygens (including phenoxy) is 1.